The summed E-state index contributed by atoms with van der Waals surface area (Å²) >= 11 is 0. The quantitative estimate of drug-likeness (QED) is 0.382. The van der Waals surface area contributed by atoms with Crippen molar-refractivity contribution in [2.24, 2.45) is 5.41 Å². The van der Waals surface area contributed by atoms with Gasteiger partial charge in [0.25, 0.3) is 5.91 Å². The van der Waals surface area contributed by atoms with Crippen LogP contribution < -0.4 is 19.1 Å². The fourth-order valence-electron chi connectivity index (χ4n) is 3.92. The molecule has 1 amide bonds. The number of benzene rings is 3. The van der Waals surface area contributed by atoms with Crippen molar-refractivity contribution in [3.05, 3.63) is 66.0 Å². The summed E-state index contributed by atoms with van der Waals surface area (Å²) in [6.07, 6.45) is 1.66. The number of carbonyl (C=O) groups excluding carboxylic acids is 1. The largest absolute Gasteiger partial charge is 0.487 e. The zero-order valence-electron chi connectivity index (χ0n) is 18.1. The minimum atomic E-state index is -3.76. The van der Waals surface area contributed by atoms with Gasteiger partial charge in [-0.3, -0.25) is 13.9 Å². The van der Waals surface area contributed by atoms with E-state index in [1.807, 2.05) is 30.3 Å². The summed E-state index contributed by atoms with van der Waals surface area (Å²) in [6, 6.07) is 18.4. The van der Waals surface area contributed by atoms with E-state index in [1.165, 1.54) is 0 Å². The van der Waals surface area contributed by atoms with Gasteiger partial charge in [-0.05, 0) is 53.0 Å². The van der Waals surface area contributed by atoms with Gasteiger partial charge in [-0.2, -0.15) is 5.26 Å². The molecule has 0 aromatic heterocycles. The van der Waals surface area contributed by atoms with E-state index in [4.69, 9.17) is 4.74 Å². The predicted octanol–water partition coefficient (Wildman–Crippen LogP) is 4.79. The van der Waals surface area contributed by atoms with Gasteiger partial charge in [0, 0.05) is 17.6 Å². The molecule has 2 fully saturated rings. The lowest BCUT2D eigenvalue weighted by Crippen LogP contribution is -2.26. The van der Waals surface area contributed by atoms with Gasteiger partial charge >= 0.3 is 0 Å². The van der Waals surface area contributed by atoms with Crippen LogP contribution in [0.15, 0.2) is 54.6 Å². The van der Waals surface area contributed by atoms with E-state index >= 15 is 4.39 Å². The predicted molar refractivity (Wildman–Crippen MR) is 129 cm³/mol. The number of carbonyl (C=O) groups is 1. The van der Waals surface area contributed by atoms with Crippen molar-refractivity contribution < 1.29 is 23.0 Å². The van der Waals surface area contributed by atoms with E-state index in [1.54, 1.807) is 24.3 Å². The topological polar surface area (TPSA) is 118 Å². The average Bonchev–Trinajstić information content (AvgIpc) is 3.55. The number of hydrogen-bond acceptors (Lipinski definition) is 7. The smallest absolute Gasteiger partial charge is 0.260 e. The van der Waals surface area contributed by atoms with Gasteiger partial charge < -0.3 is 10.1 Å². The highest BCUT2D eigenvalue weighted by atomic mass is 32.3. The first-order valence-corrected chi connectivity index (χ1v) is 12.3. The van der Waals surface area contributed by atoms with Crippen LogP contribution in [0.5, 0.6) is 5.75 Å². The van der Waals surface area contributed by atoms with Crippen LogP contribution in [0.2, 0.25) is 0 Å². The lowest BCUT2D eigenvalue weighted by atomic mass is 10.1. The molecular weight excluding hydrogens is 459 g/mol. The van der Waals surface area contributed by atoms with Crippen molar-refractivity contribution in [3.8, 4) is 11.8 Å². The van der Waals surface area contributed by atoms with E-state index in [0.29, 0.717) is 17.6 Å². The minimum Gasteiger partial charge on any atom is -0.487 e. The van der Waals surface area contributed by atoms with Crippen LogP contribution >= 0.6 is 11.0 Å². The van der Waals surface area contributed by atoms with Gasteiger partial charge in [0.2, 0.25) is 0 Å². The SMILES string of the molecule is N#CC1(CNc2ccc3cc(OCc4ccccc4)c(N4CC(=O)NS4(O)O)c(F)c3c2)CC1. The Labute approximate surface area is 197 Å². The van der Waals surface area contributed by atoms with Crippen LogP contribution in [0.25, 0.3) is 10.8 Å². The molecule has 0 spiro atoms. The second-order valence-corrected chi connectivity index (χ2v) is 10.3. The van der Waals surface area contributed by atoms with Gasteiger partial charge in [-0.25, -0.2) is 13.4 Å². The van der Waals surface area contributed by atoms with Crippen LogP contribution in [0.3, 0.4) is 0 Å². The van der Waals surface area contributed by atoms with Crippen molar-refractivity contribution in [3.63, 3.8) is 0 Å². The molecule has 3 aromatic carbocycles. The third kappa shape index (κ3) is 4.21. The van der Waals surface area contributed by atoms with Crippen molar-refractivity contribution in [1.29, 1.82) is 5.26 Å². The third-order valence-corrected chi connectivity index (χ3v) is 7.50. The number of nitrogens with one attached hydrogen (secondary N) is 2. The second-order valence-electron chi connectivity index (χ2n) is 8.57. The molecule has 0 atom stereocenters. The Morgan fingerprint density at radius 3 is 2.62 bits per heavy atom. The van der Waals surface area contributed by atoms with E-state index in [2.05, 4.69) is 16.1 Å². The zero-order valence-corrected chi connectivity index (χ0v) is 18.9. The fourth-order valence-corrected chi connectivity index (χ4v) is 5.12. The van der Waals surface area contributed by atoms with Crippen LogP contribution in [0, 0.1) is 22.6 Å². The molecule has 1 saturated heterocycles. The van der Waals surface area contributed by atoms with Gasteiger partial charge in [0.1, 0.15) is 24.6 Å². The van der Waals surface area contributed by atoms with Crippen molar-refractivity contribution in [1.82, 2.24) is 4.72 Å². The minimum absolute atomic E-state index is 0.0902. The summed E-state index contributed by atoms with van der Waals surface area (Å²) < 4.78 is 45.7. The number of anilines is 2. The highest BCUT2D eigenvalue weighted by molar-refractivity contribution is 8.24. The number of nitriles is 1. The molecule has 2 aliphatic rings. The molecule has 8 nitrogen and oxygen atoms in total. The highest BCUT2D eigenvalue weighted by Gasteiger charge is 2.43. The number of hydrogen-bond donors (Lipinski definition) is 4. The standard InChI is InChI=1S/C24H23FN4O4S/c25-22-19-11-18(27-15-24(14-26)8-9-24)7-6-17(19)10-20(33-13-16-4-2-1-3-5-16)23(22)29-12-21(30)28-34(29,31)32/h1-7,10-11,27,31-32H,8-9,12-13,15H2,(H,28,30). The first kappa shape index (κ1) is 22.3. The van der Waals surface area contributed by atoms with Crippen LogP contribution in [0.1, 0.15) is 18.4 Å². The Hall–Kier alpha value is -3.52. The van der Waals surface area contributed by atoms with E-state index in [9.17, 15) is 19.2 Å². The molecule has 1 aliphatic carbocycles. The lowest BCUT2D eigenvalue weighted by Gasteiger charge is -2.37. The first-order valence-electron chi connectivity index (χ1n) is 10.7. The lowest BCUT2D eigenvalue weighted by molar-refractivity contribution is -0.117. The summed E-state index contributed by atoms with van der Waals surface area (Å²) in [6.45, 7) is 0.172. The molecule has 1 aliphatic heterocycles. The van der Waals surface area contributed by atoms with Gasteiger partial charge in [0.15, 0.2) is 5.82 Å². The van der Waals surface area contributed by atoms with E-state index in [-0.39, 0.29) is 28.8 Å². The van der Waals surface area contributed by atoms with Gasteiger partial charge in [0.05, 0.1) is 11.5 Å². The van der Waals surface area contributed by atoms with Crippen LogP contribution in [0.4, 0.5) is 15.8 Å². The van der Waals surface area contributed by atoms with E-state index in [0.717, 1.165) is 22.7 Å². The molecule has 4 N–H and O–H groups in total. The fraction of sp³-hybridized carbons (Fsp3) is 0.250. The molecule has 5 rings (SSSR count). The van der Waals surface area contributed by atoms with Crippen LogP contribution in [-0.4, -0.2) is 28.1 Å². The number of halogens is 1. The Morgan fingerprint density at radius 2 is 1.97 bits per heavy atom. The monoisotopic (exact) mass is 482 g/mol. The summed E-state index contributed by atoms with van der Waals surface area (Å²) in [5.41, 5.74) is 0.919. The third-order valence-electron chi connectivity index (χ3n) is 6.07. The normalized spacial score (nSPS) is 18.8. The molecule has 1 saturated carbocycles. The maximum absolute atomic E-state index is 16.0. The number of amides is 1. The summed E-state index contributed by atoms with van der Waals surface area (Å²) in [5.74, 6) is -1.27. The summed E-state index contributed by atoms with van der Waals surface area (Å²) in [5, 5.41) is 13.3. The molecule has 34 heavy (non-hydrogen) atoms. The molecule has 0 radical (unpaired) electrons. The van der Waals surface area contributed by atoms with Gasteiger partial charge in [-0.15, -0.1) is 0 Å². The molecule has 176 valence electrons. The Kier molecular flexibility index (Phi) is 5.48. The molecular formula is C24H23FN4O4S. The number of ether oxygens (including phenoxy) is 1. The number of nitrogens with zero attached hydrogens (tertiary/aromatic N) is 2. The summed E-state index contributed by atoms with van der Waals surface area (Å²) in [7, 11) is -3.76. The van der Waals surface area contributed by atoms with E-state index < -0.39 is 29.2 Å². The molecule has 3 aromatic rings. The molecule has 0 unspecified atom stereocenters. The Balaban J connectivity index is 1.54. The average molecular weight is 483 g/mol. The molecule has 1 heterocycles. The van der Waals surface area contributed by atoms with Crippen LogP contribution in [-0.2, 0) is 11.4 Å². The molecule has 0 bridgehead atoms. The maximum Gasteiger partial charge on any atom is 0.260 e. The Morgan fingerprint density at radius 1 is 1.21 bits per heavy atom. The highest BCUT2D eigenvalue weighted by Crippen LogP contribution is 2.51. The Bertz CT molecular complexity index is 1310. The maximum atomic E-state index is 16.0. The van der Waals surface area contributed by atoms with Crippen molar-refractivity contribution in [2.45, 2.75) is 19.4 Å². The number of rotatable bonds is 7. The second kappa shape index (κ2) is 8.36. The van der Waals surface area contributed by atoms with Gasteiger partial charge in [-0.1, -0.05) is 36.4 Å². The molecule has 10 heteroatoms. The zero-order chi connectivity index (χ0) is 23.9. The number of fused-ring (bicyclic) bond motifs is 1. The first-order chi connectivity index (χ1) is 16.3. The van der Waals surface area contributed by atoms with Crippen molar-refractivity contribution in [2.75, 3.05) is 22.7 Å². The van der Waals surface area contributed by atoms with Crippen molar-refractivity contribution >= 4 is 39.0 Å². The summed E-state index contributed by atoms with van der Waals surface area (Å²) in [4.78, 5) is 11.9.